The van der Waals surface area contributed by atoms with E-state index in [1.54, 1.807) is 0 Å². The van der Waals surface area contributed by atoms with E-state index >= 15 is 0 Å². The van der Waals surface area contributed by atoms with E-state index in [0.717, 1.165) is 135 Å². The molecule has 0 aliphatic rings. The van der Waals surface area contributed by atoms with Gasteiger partial charge in [-0.2, -0.15) is 0 Å². The van der Waals surface area contributed by atoms with E-state index in [-0.39, 0.29) is 25.2 Å². The highest BCUT2D eigenvalue weighted by Crippen LogP contribution is 2.11. The van der Waals surface area contributed by atoms with Gasteiger partial charge in [-0.15, -0.1) is 0 Å². The lowest BCUT2D eigenvalue weighted by atomic mass is 10.1. The molecule has 0 bridgehead atoms. The van der Waals surface area contributed by atoms with Crippen LogP contribution in [0.25, 0.3) is 0 Å². The van der Waals surface area contributed by atoms with E-state index < -0.39 is 6.10 Å². The molecule has 1 unspecified atom stereocenters. The molecule has 0 radical (unpaired) electrons. The van der Waals surface area contributed by atoms with E-state index in [9.17, 15) is 9.59 Å². The van der Waals surface area contributed by atoms with Crippen LogP contribution >= 0.6 is 0 Å². The van der Waals surface area contributed by atoms with Gasteiger partial charge in [0.2, 0.25) is 0 Å². The van der Waals surface area contributed by atoms with Crippen molar-refractivity contribution in [3.8, 4) is 0 Å². The van der Waals surface area contributed by atoms with Crippen LogP contribution in [0.5, 0.6) is 0 Å². The number of carbonyl (C=O) groups is 2. The normalized spacial score (nSPS) is 13.5. The zero-order valence-electron chi connectivity index (χ0n) is 39.6. The summed E-state index contributed by atoms with van der Waals surface area (Å²) in [5, 5.41) is 0. The van der Waals surface area contributed by atoms with Crippen LogP contribution in [0.15, 0.2) is 146 Å². The Hall–Kier alpha value is -4.22. The van der Waals surface area contributed by atoms with Gasteiger partial charge in [-0.3, -0.25) is 9.59 Å². The van der Waals surface area contributed by atoms with Crippen LogP contribution in [-0.4, -0.2) is 37.9 Å². The fourth-order valence-corrected chi connectivity index (χ4v) is 5.87. The van der Waals surface area contributed by atoms with Crippen LogP contribution in [0.4, 0.5) is 0 Å². The van der Waals surface area contributed by atoms with Crippen LogP contribution in [0.3, 0.4) is 0 Å². The van der Waals surface area contributed by atoms with E-state index in [1.807, 2.05) is 0 Å². The number of hydrogen-bond donors (Lipinski definition) is 0. The Bertz CT molecular complexity index is 1380. The maximum atomic E-state index is 12.8. The van der Waals surface area contributed by atoms with Gasteiger partial charge in [0.25, 0.3) is 0 Å². The van der Waals surface area contributed by atoms with Crippen molar-refractivity contribution < 1.29 is 23.8 Å². The molecular formula is C57H88O5. The predicted molar refractivity (Wildman–Crippen MR) is 269 cm³/mol. The van der Waals surface area contributed by atoms with E-state index in [2.05, 4.69) is 167 Å². The summed E-state index contributed by atoms with van der Waals surface area (Å²) in [6, 6.07) is 0. The first-order chi connectivity index (χ1) is 30.6. The summed E-state index contributed by atoms with van der Waals surface area (Å²) in [6.07, 6.45) is 74.5. The summed E-state index contributed by atoms with van der Waals surface area (Å²) < 4.78 is 17.2. The molecule has 0 aliphatic carbocycles. The summed E-state index contributed by atoms with van der Waals surface area (Å²) in [5.74, 6) is -0.521. The molecule has 5 nitrogen and oxygen atoms in total. The van der Waals surface area contributed by atoms with Gasteiger partial charge in [0.1, 0.15) is 6.61 Å². The molecule has 0 amide bonds. The largest absolute Gasteiger partial charge is 0.462 e. The van der Waals surface area contributed by atoms with Gasteiger partial charge in [0.05, 0.1) is 13.2 Å². The first-order valence-corrected chi connectivity index (χ1v) is 24.4. The third kappa shape index (κ3) is 48.4. The SMILES string of the molecule is CC/C=C\C/C=C\C/C=C\C/C=C\C/C=C\CCOCC(COC(=O)CCCC/C=C\C/C=C\C/C=C\C/C=C\CC)OC(=O)CCCCCCC/C=C\C/C=C\C/C=C\CC. The van der Waals surface area contributed by atoms with Crippen molar-refractivity contribution in [3.05, 3.63) is 146 Å². The molecule has 0 rings (SSSR count). The number of esters is 2. The summed E-state index contributed by atoms with van der Waals surface area (Å²) in [6.45, 7) is 7.18. The number of rotatable bonds is 42. The first kappa shape index (κ1) is 57.8. The fourth-order valence-electron chi connectivity index (χ4n) is 5.87. The molecule has 0 spiro atoms. The third-order valence-corrected chi connectivity index (χ3v) is 9.37. The molecule has 1 atom stereocenters. The maximum Gasteiger partial charge on any atom is 0.306 e. The molecule has 0 aromatic carbocycles. The average molecular weight is 853 g/mol. The molecule has 346 valence electrons. The number of unbranched alkanes of at least 4 members (excludes halogenated alkanes) is 7. The maximum absolute atomic E-state index is 12.8. The minimum atomic E-state index is -0.612. The summed E-state index contributed by atoms with van der Waals surface area (Å²) >= 11 is 0. The molecule has 0 saturated heterocycles. The molecule has 0 heterocycles. The highest BCUT2D eigenvalue weighted by atomic mass is 16.6. The van der Waals surface area contributed by atoms with Gasteiger partial charge in [0, 0.05) is 12.8 Å². The van der Waals surface area contributed by atoms with Gasteiger partial charge >= 0.3 is 11.9 Å². The summed E-state index contributed by atoms with van der Waals surface area (Å²) in [5.41, 5.74) is 0. The standard InChI is InChI=1S/C57H88O5/c1-4-7-10-13-16-19-22-25-28-31-34-37-40-43-46-49-52-60-53-55(62-57(59)51-48-45-42-39-36-33-30-27-24-21-18-15-12-9-6-3)54-61-56(58)50-47-44-41-38-35-32-29-26-23-20-17-14-11-8-5-2/h7-12,16-21,25-30,34-35,37-38,43,46,55H,4-6,13-15,22-24,31-33,36,39-42,44-45,47-54H2,1-3H3/b10-7-,11-8-,12-9-,19-16-,20-17-,21-18-,28-25-,29-26-,30-27-,37-34-,38-35-,46-43-. The van der Waals surface area contributed by atoms with Gasteiger partial charge in [-0.1, -0.05) is 186 Å². The van der Waals surface area contributed by atoms with Gasteiger partial charge < -0.3 is 14.2 Å². The number of hydrogen-bond acceptors (Lipinski definition) is 5. The number of ether oxygens (including phenoxy) is 3. The molecule has 0 aromatic rings. The predicted octanol–water partition coefficient (Wildman–Crippen LogP) is 16.6. The number of carbonyl (C=O) groups excluding carboxylic acids is 2. The topological polar surface area (TPSA) is 61.8 Å². The molecule has 0 fully saturated rings. The minimum absolute atomic E-state index is 0.0162. The van der Waals surface area contributed by atoms with E-state index in [1.165, 1.54) is 6.42 Å². The van der Waals surface area contributed by atoms with E-state index in [4.69, 9.17) is 14.2 Å². The van der Waals surface area contributed by atoms with Crippen LogP contribution < -0.4 is 0 Å². The lowest BCUT2D eigenvalue weighted by Crippen LogP contribution is -2.30. The van der Waals surface area contributed by atoms with Crippen molar-refractivity contribution in [1.82, 2.24) is 0 Å². The molecule has 0 N–H and O–H groups in total. The second-order valence-electron chi connectivity index (χ2n) is 15.2. The van der Waals surface area contributed by atoms with Crippen LogP contribution in [0, 0.1) is 0 Å². The van der Waals surface area contributed by atoms with Crippen LogP contribution in [0.1, 0.15) is 175 Å². The molecular weight excluding hydrogens is 765 g/mol. The zero-order valence-corrected chi connectivity index (χ0v) is 39.6. The highest BCUT2D eigenvalue weighted by molar-refractivity contribution is 5.70. The second-order valence-corrected chi connectivity index (χ2v) is 15.2. The molecule has 0 saturated carbocycles. The second kappa shape index (κ2) is 51.1. The zero-order chi connectivity index (χ0) is 44.9. The van der Waals surface area contributed by atoms with Crippen molar-refractivity contribution >= 4 is 11.9 Å². The lowest BCUT2D eigenvalue weighted by Gasteiger charge is -2.18. The Kier molecular flexibility index (Phi) is 47.7. The molecule has 0 aromatic heterocycles. The molecule has 62 heavy (non-hydrogen) atoms. The number of allylic oxidation sites excluding steroid dienone is 23. The third-order valence-electron chi connectivity index (χ3n) is 9.37. The Labute approximate surface area is 381 Å². The highest BCUT2D eigenvalue weighted by Gasteiger charge is 2.17. The van der Waals surface area contributed by atoms with Crippen molar-refractivity contribution in [3.63, 3.8) is 0 Å². The van der Waals surface area contributed by atoms with Crippen molar-refractivity contribution in [2.24, 2.45) is 0 Å². The monoisotopic (exact) mass is 853 g/mol. The average Bonchev–Trinajstić information content (AvgIpc) is 3.27. The van der Waals surface area contributed by atoms with Crippen molar-refractivity contribution in [2.75, 3.05) is 19.8 Å². The van der Waals surface area contributed by atoms with Crippen molar-refractivity contribution in [1.29, 1.82) is 0 Å². The van der Waals surface area contributed by atoms with Gasteiger partial charge in [-0.05, 0) is 122 Å². The molecule has 0 aliphatic heterocycles. The minimum Gasteiger partial charge on any atom is -0.462 e. The van der Waals surface area contributed by atoms with E-state index in [0.29, 0.717) is 19.4 Å². The van der Waals surface area contributed by atoms with Crippen LogP contribution in [0.2, 0.25) is 0 Å². The van der Waals surface area contributed by atoms with Gasteiger partial charge in [0.15, 0.2) is 6.10 Å². The Morgan fingerprint density at radius 3 is 1.11 bits per heavy atom. The fraction of sp³-hybridized carbons (Fsp3) is 0.544. The Balaban J connectivity index is 4.53. The van der Waals surface area contributed by atoms with Gasteiger partial charge in [-0.25, -0.2) is 0 Å². The quantitative estimate of drug-likeness (QED) is 0.0348. The smallest absolute Gasteiger partial charge is 0.306 e. The summed E-state index contributed by atoms with van der Waals surface area (Å²) in [7, 11) is 0. The Morgan fingerprint density at radius 2 is 0.677 bits per heavy atom. The Morgan fingerprint density at radius 1 is 0.355 bits per heavy atom. The molecule has 5 heteroatoms. The first-order valence-electron chi connectivity index (χ1n) is 24.4. The van der Waals surface area contributed by atoms with Crippen molar-refractivity contribution in [2.45, 2.75) is 181 Å². The van der Waals surface area contributed by atoms with Crippen LogP contribution in [-0.2, 0) is 23.8 Å². The lowest BCUT2D eigenvalue weighted by molar-refractivity contribution is -0.162. The summed E-state index contributed by atoms with van der Waals surface area (Å²) in [4.78, 5) is 25.3.